The average molecular weight is 294 g/mol. The molecule has 0 fully saturated rings. The Balaban J connectivity index is 1.81. The molecule has 2 aliphatic rings. The topological polar surface area (TPSA) is 52.6 Å². The summed E-state index contributed by atoms with van der Waals surface area (Å²) < 4.78 is 0. The maximum Gasteiger partial charge on any atom is 0.335 e. The van der Waals surface area contributed by atoms with Gasteiger partial charge in [-0.2, -0.15) is 0 Å². The van der Waals surface area contributed by atoms with Gasteiger partial charge in [-0.25, -0.2) is 4.79 Å². The van der Waals surface area contributed by atoms with Gasteiger partial charge in [0.25, 0.3) is 0 Å². The van der Waals surface area contributed by atoms with Gasteiger partial charge in [0.1, 0.15) is 0 Å². The van der Waals surface area contributed by atoms with Gasteiger partial charge >= 0.3 is 5.97 Å². The standard InChI is InChI=1S/C18H18N2O2/c21-18(22)13-6-5-12-9-17-15-4-2-1-3-14(15)11-19-7-8-20(17)16(12)10-13/h1-6,10,17,19H,7-9,11H2,(H,21,22). The fraction of sp³-hybridized carbons (Fsp3) is 0.278. The van der Waals surface area contributed by atoms with E-state index in [1.165, 1.54) is 16.7 Å². The molecule has 0 radical (unpaired) electrons. The highest BCUT2D eigenvalue weighted by molar-refractivity contribution is 5.89. The summed E-state index contributed by atoms with van der Waals surface area (Å²) in [5.74, 6) is -0.864. The number of benzene rings is 2. The van der Waals surface area contributed by atoms with E-state index in [1.54, 1.807) is 6.07 Å². The summed E-state index contributed by atoms with van der Waals surface area (Å²) in [5.41, 5.74) is 5.36. The number of anilines is 1. The Bertz CT molecular complexity index is 742. The van der Waals surface area contributed by atoms with Crippen molar-refractivity contribution in [3.8, 4) is 0 Å². The molecule has 0 amide bonds. The Kier molecular flexibility index (Phi) is 3.12. The Morgan fingerprint density at radius 1 is 1.18 bits per heavy atom. The molecule has 0 bridgehead atoms. The summed E-state index contributed by atoms with van der Waals surface area (Å²) in [6.07, 6.45) is 0.951. The number of carboxylic acids is 1. The molecular weight excluding hydrogens is 276 g/mol. The van der Waals surface area contributed by atoms with Crippen LogP contribution in [0.4, 0.5) is 5.69 Å². The Labute approximate surface area is 129 Å². The van der Waals surface area contributed by atoms with Crippen LogP contribution >= 0.6 is 0 Å². The molecule has 4 heteroatoms. The maximum absolute atomic E-state index is 11.3. The van der Waals surface area contributed by atoms with E-state index in [-0.39, 0.29) is 0 Å². The molecule has 2 aromatic carbocycles. The number of hydrogen-bond donors (Lipinski definition) is 2. The monoisotopic (exact) mass is 294 g/mol. The van der Waals surface area contributed by atoms with Crippen molar-refractivity contribution >= 4 is 11.7 Å². The average Bonchev–Trinajstić information content (AvgIpc) is 2.86. The van der Waals surface area contributed by atoms with Crippen LogP contribution in [0.3, 0.4) is 0 Å². The molecule has 2 aliphatic heterocycles. The Hall–Kier alpha value is -2.33. The Morgan fingerprint density at radius 3 is 2.91 bits per heavy atom. The third kappa shape index (κ3) is 2.07. The summed E-state index contributed by atoms with van der Waals surface area (Å²) >= 11 is 0. The maximum atomic E-state index is 11.3. The van der Waals surface area contributed by atoms with Crippen LogP contribution in [0, 0.1) is 0 Å². The van der Waals surface area contributed by atoms with E-state index in [0.29, 0.717) is 11.6 Å². The number of fused-ring (bicyclic) bond motifs is 5. The van der Waals surface area contributed by atoms with Crippen molar-refractivity contribution in [1.82, 2.24) is 5.32 Å². The third-order valence-electron chi connectivity index (χ3n) is 4.69. The van der Waals surface area contributed by atoms with Crippen molar-refractivity contribution in [3.63, 3.8) is 0 Å². The van der Waals surface area contributed by atoms with Crippen LogP contribution < -0.4 is 10.2 Å². The number of hydrogen-bond acceptors (Lipinski definition) is 3. The lowest BCUT2D eigenvalue weighted by Gasteiger charge is -2.32. The molecule has 4 rings (SSSR count). The van der Waals surface area contributed by atoms with Crippen molar-refractivity contribution in [1.29, 1.82) is 0 Å². The first kappa shape index (κ1) is 13.3. The zero-order valence-electron chi connectivity index (χ0n) is 12.2. The minimum Gasteiger partial charge on any atom is -0.478 e. The predicted octanol–water partition coefficient (Wildman–Crippen LogP) is 2.59. The molecule has 0 aromatic heterocycles. The van der Waals surface area contributed by atoms with E-state index in [9.17, 15) is 9.90 Å². The molecule has 2 N–H and O–H groups in total. The zero-order valence-corrected chi connectivity index (χ0v) is 12.2. The minimum absolute atomic E-state index is 0.317. The molecule has 1 atom stereocenters. The van der Waals surface area contributed by atoms with Crippen LogP contribution in [0.1, 0.15) is 33.1 Å². The summed E-state index contributed by atoms with van der Waals surface area (Å²) in [4.78, 5) is 13.6. The Morgan fingerprint density at radius 2 is 2.05 bits per heavy atom. The number of carboxylic acid groups (broad SMARTS) is 1. The van der Waals surface area contributed by atoms with E-state index in [4.69, 9.17) is 0 Å². The molecule has 22 heavy (non-hydrogen) atoms. The minimum atomic E-state index is -0.864. The van der Waals surface area contributed by atoms with Crippen LogP contribution in [-0.4, -0.2) is 24.2 Å². The zero-order chi connectivity index (χ0) is 15.1. The van der Waals surface area contributed by atoms with Crippen molar-refractivity contribution in [2.45, 2.75) is 19.0 Å². The SMILES string of the molecule is O=C(O)c1ccc2c(c1)N1CCNCc3ccccc3C1C2. The van der Waals surface area contributed by atoms with Crippen LogP contribution in [-0.2, 0) is 13.0 Å². The van der Waals surface area contributed by atoms with Crippen LogP contribution in [0.25, 0.3) is 0 Å². The van der Waals surface area contributed by atoms with Crippen LogP contribution in [0.15, 0.2) is 42.5 Å². The molecule has 4 nitrogen and oxygen atoms in total. The summed E-state index contributed by atoms with van der Waals surface area (Å²) in [6, 6.07) is 14.4. The molecule has 2 heterocycles. The number of carbonyl (C=O) groups is 1. The lowest BCUT2D eigenvalue weighted by Crippen LogP contribution is -2.36. The highest BCUT2D eigenvalue weighted by Crippen LogP contribution is 2.42. The van der Waals surface area contributed by atoms with Crippen LogP contribution in [0.5, 0.6) is 0 Å². The van der Waals surface area contributed by atoms with Gasteiger partial charge in [-0.05, 0) is 35.2 Å². The van der Waals surface area contributed by atoms with Gasteiger partial charge < -0.3 is 15.3 Å². The second-order valence-electron chi connectivity index (χ2n) is 5.94. The number of nitrogens with one attached hydrogen (secondary N) is 1. The van der Waals surface area contributed by atoms with E-state index in [1.807, 2.05) is 12.1 Å². The summed E-state index contributed by atoms with van der Waals surface area (Å²) in [6.45, 7) is 2.70. The molecule has 112 valence electrons. The number of nitrogens with zero attached hydrogens (tertiary/aromatic N) is 1. The summed E-state index contributed by atoms with van der Waals surface area (Å²) in [5, 5.41) is 12.7. The molecule has 0 saturated heterocycles. The van der Waals surface area contributed by atoms with Gasteiger partial charge in [-0.15, -0.1) is 0 Å². The normalized spacial score (nSPS) is 19.6. The van der Waals surface area contributed by atoms with Crippen molar-refractivity contribution in [3.05, 3.63) is 64.7 Å². The van der Waals surface area contributed by atoms with Gasteiger partial charge in [-0.1, -0.05) is 30.3 Å². The highest BCUT2D eigenvalue weighted by atomic mass is 16.4. The molecule has 0 saturated carbocycles. The second-order valence-corrected chi connectivity index (χ2v) is 5.94. The largest absolute Gasteiger partial charge is 0.478 e. The fourth-order valence-electron chi connectivity index (χ4n) is 3.62. The summed E-state index contributed by atoms with van der Waals surface area (Å²) in [7, 11) is 0. The first-order chi connectivity index (χ1) is 10.7. The van der Waals surface area contributed by atoms with Gasteiger partial charge in [0.15, 0.2) is 0 Å². The van der Waals surface area contributed by atoms with Crippen molar-refractivity contribution in [2.24, 2.45) is 0 Å². The molecule has 0 aliphatic carbocycles. The van der Waals surface area contributed by atoms with Gasteiger partial charge in [0.05, 0.1) is 11.6 Å². The molecule has 1 unspecified atom stereocenters. The van der Waals surface area contributed by atoms with E-state index in [0.717, 1.165) is 31.7 Å². The predicted molar refractivity (Wildman–Crippen MR) is 85.3 cm³/mol. The smallest absolute Gasteiger partial charge is 0.335 e. The van der Waals surface area contributed by atoms with Crippen molar-refractivity contribution < 1.29 is 9.90 Å². The fourth-order valence-corrected chi connectivity index (χ4v) is 3.62. The van der Waals surface area contributed by atoms with Gasteiger partial charge in [-0.3, -0.25) is 0 Å². The lowest BCUT2D eigenvalue weighted by atomic mass is 9.96. The third-order valence-corrected chi connectivity index (χ3v) is 4.69. The van der Waals surface area contributed by atoms with Gasteiger partial charge in [0.2, 0.25) is 0 Å². The lowest BCUT2D eigenvalue weighted by molar-refractivity contribution is 0.0697. The number of rotatable bonds is 1. The molecular formula is C18H18N2O2. The molecule has 0 spiro atoms. The van der Waals surface area contributed by atoms with E-state index >= 15 is 0 Å². The second kappa shape index (κ2) is 5.14. The quantitative estimate of drug-likeness (QED) is 0.849. The van der Waals surface area contributed by atoms with Crippen molar-refractivity contribution in [2.75, 3.05) is 18.0 Å². The van der Waals surface area contributed by atoms with Gasteiger partial charge in [0, 0.05) is 25.3 Å². The first-order valence-corrected chi connectivity index (χ1v) is 7.65. The molecule has 2 aromatic rings. The van der Waals surface area contributed by atoms with Crippen LogP contribution in [0.2, 0.25) is 0 Å². The van der Waals surface area contributed by atoms with E-state index in [2.05, 4.69) is 34.5 Å². The van der Waals surface area contributed by atoms with E-state index < -0.39 is 5.97 Å². The highest BCUT2D eigenvalue weighted by Gasteiger charge is 2.32. The first-order valence-electron chi connectivity index (χ1n) is 7.65. The number of aromatic carboxylic acids is 1.